The molecule has 2 aromatic heterocycles. The maximum absolute atomic E-state index is 12.5. The Hall–Kier alpha value is -1.49. The van der Waals surface area contributed by atoms with Crippen molar-refractivity contribution in [2.24, 2.45) is 5.84 Å². The zero-order chi connectivity index (χ0) is 15.5. The van der Waals surface area contributed by atoms with Gasteiger partial charge in [0.2, 0.25) is 0 Å². The van der Waals surface area contributed by atoms with Crippen LogP contribution >= 0.6 is 11.3 Å². The number of hydrogen-bond acceptors (Lipinski definition) is 7. The second kappa shape index (κ2) is 6.52. The first-order valence-electron chi connectivity index (χ1n) is 6.03. The number of aliphatic hydroxyl groups is 1. The second-order valence-electron chi connectivity index (χ2n) is 4.32. The number of halogens is 3. The largest absolute Gasteiger partial charge is 0.401 e. The van der Waals surface area contributed by atoms with Gasteiger partial charge in [-0.1, -0.05) is 0 Å². The van der Waals surface area contributed by atoms with Crippen LogP contribution in [0.1, 0.15) is 5.82 Å². The Morgan fingerprint density at radius 1 is 1.38 bits per heavy atom. The van der Waals surface area contributed by atoms with E-state index in [0.717, 1.165) is 10.3 Å². The summed E-state index contributed by atoms with van der Waals surface area (Å²) in [6, 6.07) is 1.78. The molecule has 2 heterocycles. The Kier molecular flexibility index (Phi) is 4.93. The molecule has 4 N–H and O–H groups in total. The minimum atomic E-state index is -4.35. The van der Waals surface area contributed by atoms with Crippen molar-refractivity contribution in [3.05, 3.63) is 17.3 Å². The van der Waals surface area contributed by atoms with Crippen molar-refractivity contribution in [3.63, 3.8) is 0 Å². The van der Waals surface area contributed by atoms with E-state index < -0.39 is 12.7 Å². The molecule has 0 aliphatic carbocycles. The monoisotopic (exact) mass is 321 g/mol. The van der Waals surface area contributed by atoms with Crippen LogP contribution in [0.3, 0.4) is 0 Å². The van der Waals surface area contributed by atoms with Crippen LogP contribution in [0.4, 0.5) is 19.0 Å². The Bertz CT molecular complexity index is 603. The van der Waals surface area contributed by atoms with E-state index in [1.54, 1.807) is 11.4 Å². The number of aromatic nitrogens is 2. The highest BCUT2D eigenvalue weighted by Crippen LogP contribution is 2.25. The average Bonchev–Trinajstić information content (AvgIpc) is 2.84. The minimum Gasteiger partial charge on any atom is -0.395 e. The lowest BCUT2D eigenvalue weighted by Gasteiger charge is -2.22. The van der Waals surface area contributed by atoms with Gasteiger partial charge < -0.3 is 10.5 Å². The molecule has 0 amide bonds. The third-order valence-electron chi connectivity index (χ3n) is 2.69. The molecule has 0 aliphatic rings. The summed E-state index contributed by atoms with van der Waals surface area (Å²) < 4.78 is 37.5. The molecule has 0 bridgehead atoms. The summed E-state index contributed by atoms with van der Waals surface area (Å²) in [6.07, 6.45) is -4.35. The molecular formula is C11H14F3N5OS. The van der Waals surface area contributed by atoms with Gasteiger partial charge in [-0.3, -0.25) is 4.90 Å². The molecule has 0 atom stereocenters. The molecule has 6 nitrogen and oxygen atoms in total. The number of hydrogen-bond donors (Lipinski definition) is 3. The molecule has 10 heteroatoms. The highest BCUT2D eigenvalue weighted by molar-refractivity contribution is 7.16. The molecular weight excluding hydrogens is 307 g/mol. The Labute approximate surface area is 122 Å². The fourth-order valence-corrected chi connectivity index (χ4v) is 2.67. The maximum atomic E-state index is 12.5. The van der Waals surface area contributed by atoms with Gasteiger partial charge in [0.25, 0.3) is 0 Å². The van der Waals surface area contributed by atoms with Crippen molar-refractivity contribution in [3.8, 4) is 0 Å². The minimum absolute atomic E-state index is 0.114. The first-order valence-corrected chi connectivity index (χ1v) is 6.91. The van der Waals surface area contributed by atoms with Gasteiger partial charge in [-0.2, -0.15) is 13.2 Å². The second-order valence-corrected chi connectivity index (χ2v) is 5.22. The molecule has 0 saturated heterocycles. The summed E-state index contributed by atoms with van der Waals surface area (Å²) in [7, 11) is 0. The quantitative estimate of drug-likeness (QED) is 0.550. The van der Waals surface area contributed by atoms with Crippen molar-refractivity contribution in [2.75, 3.05) is 25.1 Å². The lowest BCUT2D eigenvalue weighted by molar-refractivity contribution is -0.148. The van der Waals surface area contributed by atoms with Crippen molar-refractivity contribution < 1.29 is 18.3 Å². The first-order chi connectivity index (χ1) is 9.93. The number of rotatable bonds is 6. The number of nitrogen functional groups attached to an aromatic ring is 1. The van der Waals surface area contributed by atoms with E-state index in [4.69, 9.17) is 10.9 Å². The van der Waals surface area contributed by atoms with Crippen LogP contribution in [0.25, 0.3) is 10.2 Å². The number of thiophene rings is 1. The summed E-state index contributed by atoms with van der Waals surface area (Å²) in [6.45, 7) is -1.75. The molecule has 0 unspecified atom stereocenters. The molecule has 21 heavy (non-hydrogen) atoms. The zero-order valence-electron chi connectivity index (χ0n) is 10.9. The summed E-state index contributed by atoms with van der Waals surface area (Å²) in [5.74, 6) is 5.95. The summed E-state index contributed by atoms with van der Waals surface area (Å²) in [5, 5.41) is 11.4. The zero-order valence-corrected chi connectivity index (χ0v) is 11.7. The van der Waals surface area contributed by atoms with Gasteiger partial charge in [0.15, 0.2) is 5.82 Å². The number of anilines is 1. The van der Waals surface area contributed by atoms with Gasteiger partial charge in [0, 0.05) is 6.54 Å². The lowest BCUT2D eigenvalue weighted by atomic mass is 10.3. The average molecular weight is 321 g/mol. The summed E-state index contributed by atoms with van der Waals surface area (Å²) in [4.78, 5) is 10.0. The molecule has 0 fully saturated rings. The van der Waals surface area contributed by atoms with Crippen LogP contribution in [-0.4, -0.2) is 45.8 Å². The predicted octanol–water partition coefficient (Wildman–Crippen LogP) is 1.33. The van der Waals surface area contributed by atoms with Crippen LogP contribution in [0.5, 0.6) is 0 Å². The topological polar surface area (TPSA) is 87.3 Å². The van der Waals surface area contributed by atoms with E-state index in [1.165, 1.54) is 11.3 Å². The van der Waals surface area contributed by atoms with Crippen molar-refractivity contribution in [1.29, 1.82) is 0 Å². The number of hydrazine groups is 1. The number of alkyl halides is 3. The van der Waals surface area contributed by atoms with Gasteiger partial charge in [-0.15, -0.1) is 11.3 Å². The number of nitrogens with zero attached hydrogens (tertiary/aromatic N) is 3. The van der Waals surface area contributed by atoms with Gasteiger partial charge in [-0.25, -0.2) is 15.8 Å². The molecule has 0 radical (unpaired) electrons. The number of nitrogens with one attached hydrogen (secondary N) is 1. The van der Waals surface area contributed by atoms with Gasteiger partial charge in [0.1, 0.15) is 10.7 Å². The molecule has 0 spiro atoms. The fraction of sp³-hybridized carbons (Fsp3) is 0.455. The van der Waals surface area contributed by atoms with Crippen LogP contribution < -0.4 is 11.3 Å². The molecule has 0 saturated carbocycles. The Morgan fingerprint density at radius 3 is 2.76 bits per heavy atom. The van der Waals surface area contributed by atoms with E-state index in [1.807, 2.05) is 0 Å². The number of fused-ring (bicyclic) bond motifs is 1. The predicted molar refractivity (Wildman–Crippen MR) is 73.6 cm³/mol. The van der Waals surface area contributed by atoms with E-state index in [0.29, 0.717) is 10.6 Å². The van der Waals surface area contributed by atoms with Crippen molar-refractivity contribution >= 4 is 27.4 Å². The van der Waals surface area contributed by atoms with Crippen LogP contribution in [-0.2, 0) is 6.54 Å². The molecule has 116 valence electrons. The molecule has 0 aromatic carbocycles. The van der Waals surface area contributed by atoms with Crippen molar-refractivity contribution in [1.82, 2.24) is 14.9 Å². The first kappa shape index (κ1) is 15.9. The highest BCUT2D eigenvalue weighted by atomic mass is 32.1. The van der Waals surface area contributed by atoms with Gasteiger partial charge >= 0.3 is 6.18 Å². The number of nitrogens with two attached hydrogens (primary N) is 1. The summed E-state index contributed by atoms with van der Waals surface area (Å²) >= 11 is 1.35. The highest BCUT2D eigenvalue weighted by Gasteiger charge is 2.31. The van der Waals surface area contributed by atoms with Crippen LogP contribution in [0, 0.1) is 0 Å². The van der Waals surface area contributed by atoms with E-state index in [-0.39, 0.29) is 25.5 Å². The van der Waals surface area contributed by atoms with E-state index in [2.05, 4.69) is 15.4 Å². The molecule has 0 aliphatic heterocycles. The van der Waals surface area contributed by atoms with Crippen molar-refractivity contribution in [2.45, 2.75) is 12.7 Å². The molecule has 2 aromatic rings. The smallest absolute Gasteiger partial charge is 0.395 e. The Morgan fingerprint density at radius 2 is 2.14 bits per heavy atom. The van der Waals surface area contributed by atoms with Crippen LogP contribution in [0.2, 0.25) is 0 Å². The van der Waals surface area contributed by atoms with Gasteiger partial charge in [0.05, 0.1) is 25.1 Å². The maximum Gasteiger partial charge on any atom is 0.401 e. The SMILES string of the molecule is NNc1nc(CN(CCO)CC(F)(F)F)nc2sccc12. The fourth-order valence-electron chi connectivity index (χ4n) is 1.89. The molecule has 2 rings (SSSR count). The van der Waals surface area contributed by atoms with Gasteiger partial charge in [-0.05, 0) is 11.4 Å². The van der Waals surface area contributed by atoms with E-state index >= 15 is 0 Å². The summed E-state index contributed by atoms with van der Waals surface area (Å²) in [5.41, 5.74) is 2.42. The van der Waals surface area contributed by atoms with E-state index in [9.17, 15) is 13.2 Å². The van der Waals surface area contributed by atoms with Crippen LogP contribution in [0.15, 0.2) is 11.4 Å². The third kappa shape index (κ3) is 4.24. The number of aliphatic hydroxyl groups excluding tert-OH is 1. The normalized spacial score (nSPS) is 12.3. The third-order valence-corrected chi connectivity index (χ3v) is 3.50. The standard InChI is InChI=1S/C11H14F3N5OS/c12-11(13,14)6-19(2-3-20)5-8-16-9(18-15)7-1-4-21-10(7)17-8/h1,4,20H,2-3,5-6,15H2,(H,16,17,18). The lowest BCUT2D eigenvalue weighted by Crippen LogP contribution is -2.36. The Balaban J connectivity index is 2.23.